The van der Waals surface area contributed by atoms with E-state index in [0.29, 0.717) is 6.61 Å². The van der Waals surface area contributed by atoms with Crippen molar-refractivity contribution in [3.63, 3.8) is 0 Å². The van der Waals surface area contributed by atoms with Crippen LogP contribution in [-0.2, 0) is 11.2 Å². The fraction of sp³-hybridized carbons (Fsp3) is 0.600. The first-order valence-electron chi connectivity index (χ1n) is 4.56. The lowest BCUT2D eigenvalue weighted by Gasteiger charge is -2.08. The summed E-state index contributed by atoms with van der Waals surface area (Å²) >= 11 is 6.03. The van der Waals surface area contributed by atoms with Gasteiger partial charge in [0.05, 0.1) is 12.0 Å². The van der Waals surface area contributed by atoms with Gasteiger partial charge in [-0.3, -0.25) is 0 Å². The molecule has 0 spiro atoms. The van der Waals surface area contributed by atoms with Crippen molar-refractivity contribution in [1.29, 1.82) is 0 Å². The number of nitrogens with zero attached hydrogens (tertiary/aromatic N) is 2. The van der Waals surface area contributed by atoms with Gasteiger partial charge in [-0.05, 0) is 19.9 Å². The molecule has 0 aliphatic heterocycles. The normalized spacial score (nSPS) is 12.9. The van der Waals surface area contributed by atoms with Crippen LogP contribution in [0.4, 0.5) is 0 Å². The third-order valence-corrected chi connectivity index (χ3v) is 2.08. The van der Waals surface area contributed by atoms with Gasteiger partial charge in [0, 0.05) is 24.9 Å². The van der Waals surface area contributed by atoms with E-state index < -0.39 is 0 Å². The SMILES string of the molecule is COCC(Cl)Cc1cc(C)nc(C)n1. The monoisotopic (exact) mass is 214 g/mol. The summed E-state index contributed by atoms with van der Waals surface area (Å²) in [6.07, 6.45) is 0.722. The maximum Gasteiger partial charge on any atom is 0.125 e. The van der Waals surface area contributed by atoms with Gasteiger partial charge in [0.25, 0.3) is 0 Å². The Balaban J connectivity index is 2.66. The second-order valence-electron chi connectivity index (χ2n) is 3.30. The molecule has 0 saturated carbocycles. The lowest BCUT2D eigenvalue weighted by atomic mass is 10.2. The minimum atomic E-state index is -0.0197. The first kappa shape index (κ1) is 11.4. The molecule has 0 aliphatic carbocycles. The van der Waals surface area contributed by atoms with Crippen molar-refractivity contribution in [3.8, 4) is 0 Å². The van der Waals surface area contributed by atoms with Crippen LogP contribution in [0.5, 0.6) is 0 Å². The molecule has 4 heteroatoms. The predicted molar refractivity (Wildman–Crippen MR) is 56.7 cm³/mol. The van der Waals surface area contributed by atoms with Gasteiger partial charge in [0.1, 0.15) is 5.82 Å². The molecule has 0 saturated heterocycles. The Morgan fingerprint density at radius 3 is 2.71 bits per heavy atom. The van der Waals surface area contributed by atoms with Gasteiger partial charge < -0.3 is 4.74 Å². The maximum atomic E-state index is 6.03. The number of hydrogen-bond acceptors (Lipinski definition) is 3. The fourth-order valence-electron chi connectivity index (χ4n) is 1.36. The van der Waals surface area contributed by atoms with E-state index in [-0.39, 0.29) is 5.38 Å². The summed E-state index contributed by atoms with van der Waals surface area (Å²) in [5.74, 6) is 0.793. The Kier molecular flexibility index (Phi) is 4.29. The second-order valence-corrected chi connectivity index (χ2v) is 3.92. The van der Waals surface area contributed by atoms with Crippen molar-refractivity contribution in [1.82, 2.24) is 9.97 Å². The number of hydrogen-bond donors (Lipinski definition) is 0. The highest BCUT2D eigenvalue weighted by molar-refractivity contribution is 6.20. The molecule has 0 radical (unpaired) electrons. The fourth-order valence-corrected chi connectivity index (χ4v) is 1.65. The molecule has 1 unspecified atom stereocenters. The lowest BCUT2D eigenvalue weighted by molar-refractivity contribution is 0.197. The number of aryl methyl sites for hydroxylation is 2. The van der Waals surface area contributed by atoms with Crippen LogP contribution < -0.4 is 0 Å². The molecule has 14 heavy (non-hydrogen) atoms. The van der Waals surface area contributed by atoms with E-state index in [1.165, 1.54) is 0 Å². The molecule has 0 aliphatic rings. The summed E-state index contributed by atoms with van der Waals surface area (Å²) in [6, 6.07) is 1.96. The van der Waals surface area contributed by atoms with Crippen LogP contribution in [0.1, 0.15) is 17.2 Å². The number of alkyl halides is 1. The highest BCUT2D eigenvalue weighted by atomic mass is 35.5. The van der Waals surface area contributed by atoms with E-state index in [1.807, 2.05) is 19.9 Å². The van der Waals surface area contributed by atoms with Gasteiger partial charge in [0.2, 0.25) is 0 Å². The number of ether oxygens (including phenoxy) is 1. The van der Waals surface area contributed by atoms with Crippen molar-refractivity contribution >= 4 is 11.6 Å². The van der Waals surface area contributed by atoms with Crippen LogP contribution in [0.25, 0.3) is 0 Å². The van der Waals surface area contributed by atoms with Crippen molar-refractivity contribution in [2.24, 2.45) is 0 Å². The molecule has 1 heterocycles. The first-order valence-corrected chi connectivity index (χ1v) is 4.99. The molecule has 0 amide bonds. The summed E-state index contributed by atoms with van der Waals surface area (Å²) in [5, 5.41) is -0.0197. The average molecular weight is 215 g/mol. The third-order valence-electron chi connectivity index (χ3n) is 1.80. The lowest BCUT2D eigenvalue weighted by Crippen LogP contribution is -2.12. The minimum absolute atomic E-state index is 0.0197. The van der Waals surface area contributed by atoms with E-state index in [2.05, 4.69) is 9.97 Å². The summed E-state index contributed by atoms with van der Waals surface area (Å²) in [6.45, 7) is 4.39. The van der Waals surface area contributed by atoms with Crippen LogP contribution in [0, 0.1) is 13.8 Å². The zero-order valence-corrected chi connectivity index (χ0v) is 9.51. The van der Waals surface area contributed by atoms with Crippen LogP contribution in [0.3, 0.4) is 0 Å². The Hall–Kier alpha value is -0.670. The highest BCUT2D eigenvalue weighted by Crippen LogP contribution is 2.07. The summed E-state index contributed by atoms with van der Waals surface area (Å²) < 4.78 is 4.96. The average Bonchev–Trinajstić information content (AvgIpc) is 2.01. The second kappa shape index (κ2) is 5.27. The standard InChI is InChI=1S/C10H15ClN2O/c1-7-4-10(13-8(2)12-7)5-9(11)6-14-3/h4,9H,5-6H2,1-3H3. The quantitative estimate of drug-likeness (QED) is 0.718. The first-order chi connectivity index (χ1) is 6.61. The number of rotatable bonds is 4. The van der Waals surface area contributed by atoms with Crippen molar-refractivity contribution in [2.75, 3.05) is 13.7 Å². The smallest absolute Gasteiger partial charge is 0.125 e. The van der Waals surface area contributed by atoms with Gasteiger partial charge in [0.15, 0.2) is 0 Å². The predicted octanol–water partition coefficient (Wildman–Crippen LogP) is 1.89. The van der Waals surface area contributed by atoms with Crippen LogP contribution in [0.2, 0.25) is 0 Å². The molecule has 0 aromatic carbocycles. The van der Waals surface area contributed by atoms with Crippen LogP contribution in [0.15, 0.2) is 6.07 Å². The van der Waals surface area contributed by atoms with Gasteiger partial charge in [-0.15, -0.1) is 11.6 Å². The van der Waals surface area contributed by atoms with E-state index >= 15 is 0 Å². The third kappa shape index (κ3) is 3.60. The molecular formula is C10H15ClN2O. The van der Waals surface area contributed by atoms with Crippen molar-refractivity contribution < 1.29 is 4.74 Å². The van der Waals surface area contributed by atoms with Gasteiger partial charge in [-0.2, -0.15) is 0 Å². The molecule has 1 atom stereocenters. The van der Waals surface area contributed by atoms with Gasteiger partial charge >= 0.3 is 0 Å². The Morgan fingerprint density at radius 1 is 1.43 bits per heavy atom. The largest absolute Gasteiger partial charge is 0.383 e. The number of methoxy groups -OCH3 is 1. The van der Waals surface area contributed by atoms with Crippen molar-refractivity contribution in [2.45, 2.75) is 25.6 Å². The Labute approximate surface area is 89.5 Å². The molecule has 0 N–H and O–H groups in total. The summed E-state index contributed by atoms with van der Waals surface area (Å²) in [7, 11) is 1.64. The maximum absolute atomic E-state index is 6.03. The van der Waals surface area contributed by atoms with E-state index in [9.17, 15) is 0 Å². The molecule has 3 nitrogen and oxygen atoms in total. The molecule has 78 valence electrons. The summed E-state index contributed by atoms with van der Waals surface area (Å²) in [4.78, 5) is 8.51. The Morgan fingerprint density at radius 2 is 2.14 bits per heavy atom. The zero-order valence-electron chi connectivity index (χ0n) is 8.75. The molecule has 0 bridgehead atoms. The van der Waals surface area contributed by atoms with E-state index in [4.69, 9.17) is 16.3 Å². The van der Waals surface area contributed by atoms with Crippen molar-refractivity contribution in [3.05, 3.63) is 23.3 Å². The highest BCUT2D eigenvalue weighted by Gasteiger charge is 2.07. The van der Waals surface area contributed by atoms with Crippen LogP contribution >= 0.6 is 11.6 Å². The zero-order chi connectivity index (χ0) is 10.6. The molecular weight excluding hydrogens is 200 g/mol. The minimum Gasteiger partial charge on any atom is -0.383 e. The van der Waals surface area contributed by atoms with Crippen LogP contribution in [-0.4, -0.2) is 29.1 Å². The van der Waals surface area contributed by atoms with E-state index in [1.54, 1.807) is 7.11 Å². The Bertz CT molecular complexity index is 284. The van der Waals surface area contributed by atoms with Gasteiger partial charge in [-0.1, -0.05) is 0 Å². The molecule has 0 fully saturated rings. The van der Waals surface area contributed by atoms with Gasteiger partial charge in [-0.25, -0.2) is 9.97 Å². The number of halogens is 1. The molecule has 1 aromatic rings. The molecule has 1 aromatic heterocycles. The number of aromatic nitrogens is 2. The topological polar surface area (TPSA) is 35.0 Å². The molecule has 1 rings (SSSR count). The summed E-state index contributed by atoms with van der Waals surface area (Å²) in [5.41, 5.74) is 1.96. The van der Waals surface area contributed by atoms with E-state index in [0.717, 1.165) is 23.6 Å².